The van der Waals surface area contributed by atoms with Gasteiger partial charge >= 0.3 is 17.9 Å². The molecule has 6 nitrogen and oxygen atoms in total. The molecule has 0 aliphatic rings. The third kappa shape index (κ3) is 43.5. The third-order valence-corrected chi connectivity index (χ3v) is 11.3. The highest BCUT2D eigenvalue weighted by Gasteiger charge is 2.19. The number of rotatable bonds is 45. The summed E-state index contributed by atoms with van der Waals surface area (Å²) in [5.41, 5.74) is 0. The van der Waals surface area contributed by atoms with Crippen molar-refractivity contribution in [3.8, 4) is 0 Å². The summed E-state index contributed by atoms with van der Waals surface area (Å²) in [5, 5.41) is 0. The van der Waals surface area contributed by atoms with E-state index in [0.29, 0.717) is 19.3 Å². The van der Waals surface area contributed by atoms with Crippen molar-refractivity contribution in [3.05, 3.63) is 0 Å². The molecule has 0 saturated carbocycles. The maximum Gasteiger partial charge on any atom is 0.306 e. The molecule has 0 fully saturated rings. The van der Waals surface area contributed by atoms with Crippen molar-refractivity contribution in [2.45, 2.75) is 284 Å². The van der Waals surface area contributed by atoms with E-state index in [1.54, 1.807) is 0 Å². The second-order valence-corrected chi connectivity index (χ2v) is 17.6. The number of carbonyl (C=O) groups excluding carboxylic acids is 3. The molecule has 0 bridgehead atoms. The van der Waals surface area contributed by atoms with Crippen molar-refractivity contribution < 1.29 is 28.6 Å². The van der Waals surface area contributed by atoms with Crippen LogP contribution in [0.1, 0.15) is 278 Å². The van der Waals surface area contributed by atoms with Crippen LogP contribution in [-0.2, 0) is 28.6 Å². The molecular formula is C50H96O6. The fraction of sp³-hybridized carbons (Fsp3) is 0.940. The zero-order chi connectivity index (χ0) is 41.0. The van der Waals surface area contributed by atoms with E-state index >= 15 is 0 Å². The lowest BCUT2D eigenvalue weighted by Gasteiger charge is -2.18. The van der Waals surface area contributed by atoms with E-state index in [-0.39, 0.29) is 31.1 Å². The lowest BCUT2D eigenvalue weighted by molar-refractivity contribution is -0.167. The summed E-state index contributed by atoms with van der Waals surface area (Å²) in [7, 11) is 0. The van der Waals surface area contributed by atoms with Gasteiger partial charge in [-0.25, -0.2) is 0 Å². The SMILES string of the molecule is CCCCCCCCCCCCCCCCCCCC(=O)OC[C@H](COC(=O)CCCCCCCCC)OC(=O)CCCCCCCCCCCCCC(C)C. The standard InChI is InChI=1S/C50H96O6/c1-5-7-9-11-13-14-15-16-17-18-19-20-23-26-30-34-38-42-49(52)55-45-47(44-54-48(51)41-37-33-28-12-10-8-6-2)56-50(53)43-39-35-31-27-24-21-22-25-29-32-36-40-46(3)4/h46-47H,5-45H2,1-4H3/t47-/m0/s1. The minimum Gasteiger partial charge on any atom is -0.462 e. The number of ether oxygens (including phenoxy) is 3. The van der Waals surface area contributed by atoms with Crippen LogP contribution >= 0.6 is 0 Å². The average molecular weight is 793 g/mol. The molecule has 0 heterocycles. The van der Waals surface area contributed by atoms with Crippen LogP contribution in [0.3, 0.4) is 0 Å². The van der Waals surface area contributed by atoms with Crippen molar-refractivity contribution in [1.29, 1.82) is 0 Å². The maximum absolute atomic E-state index is 12.7. The lowest BCUT2D eigenvalue weighted by atomic mass is 10.0. The predicted octanol–water partition coefficient (Wildman–Crippen LogP) is 15.9. The molecule has 0 aliphatic heterocycles. The molecule has 6 heteroatoms. The molecule has 0 radical (unpaired) electrons. The van der Waals surface area contributed by atoms with E-state index in [2.05, 4.69) is 27.7 Å². The zero-order valence-corrected chi connectivity index (χ0v) is 38.1. The van der Waals surface area contributed by atoms with Crippen LogP contribution in [0.4, 0.5) is 0 Å². The second-order valence-electron chi connectivity index (χ2n) is 17.6. The van der Waals surface area contributed by atoms with Crippen LogP contribution < -0.4 is 0 Å². The molecule has 0 spiro atoms. The summed E-state index contributed by atoms with van der Waals surface area (Å²) >= 11 is 0. The van der Waals surface area contributed by atoms with Crippen LogP contribution in [0.5, 0.6) is 0 Å². The Morgan fingerprint density at radius 2 is 0.589 bits per heavy atom. The lowest BCUT2D eigenvalue weighted by Crippen LogP contribution is -2.30. The highest BCUT2D eigenvalue weighted by molar-refractivity contribution is 5.71. The first-order valence-electron chi connectivity index (χ1n) is 24.9. The molecular weight excluding hydrogens is 697 g/mol. The van der Waals surface area contributed by atoms with E-state index in [9.17, 15) is 14.4 Å². The molecule has 0 amide bonds. The maximum atomic E-state index is 12.7. The smallest absolute Gasteiger partial charge is 0.306 e. The summed E-state index contributed by atoms with van der Waals surface area (Å²) < 4.78 is 16.7. The molecule has 0 aromatic rings. The minimum atomic E-state index is -0.759. The van der Waals surface area contributed by atoms with Crippen LogP contribution in [-0.4, -0.2) is 37.2 Å². The first-order valence-corrected chi connectivity index (χ1v) is 24.9. The van der Waals surface area contributed by atoms with Gasteiger partial charge in [0.05, 0.1) is 0 Å². The zero-order valence-electron chi connectivity index (χ0n) is 38.1. The van der Waals surface area contributed by atoms with Crippen molar-refractivity contribution in [3.63, 3.8) is 0 Å². The van der Waals surface area contributed by atoms with E-state index < -0.39 is 6.10 Å². The Hall–Kier alpha value is -1.59. The van der Waals surface area contributed by atoms with E-state index in [1.165, 1.54) is 173 Å². The summed E-state index contributed by atoms with van der Waals surface area (Å²) in [5.74, 6) is -0.0296. The van der Waals surface area contributed by atoms with Gasteiger partial charge in [-0.2, -0.15) is 0 Å². The second kappa shape index (κ2) is 44.5. The number of hydrogen-bond acceptors (Lipinski definition) is 6. The largest absolute Gasteiger partial charge is 0.462 e. The normalized spacial score (nSPS) is 11.9. The number of hydrogen-bond donors (Lipinski definition) is 0. The topological polar surface area (TPSA) is 78.9 Å². The molecule has 0 aliphatic carbocycles. The summed E-state index contributed by atoms with van der Waals surface area (Å²) in [6, 6.07) is 0. The molecule has 0 saturated heterocycles. The molecule has 0 rings (SSSR count). The number of carbonyl (C=O) groups is 3. The first kappa shape index (κ1) is 54.4. The molecule has 0 aromatic heterocycles. The van der Waals surface area contributed by atoms with Gasteiger partial charge in [0.25, 0.3) is 0 Å². The number of esters is 3. The Labute approximate surface area is 348 Å². The Morgan fingerprint density at radius 3 is 0.875 bits per heavy atom. The van der Waals surface area contributed by atoms with Crippen LogP contribution in [0.15, 0.2) is 0 Å². The molecule has 1 atom stereocenters. The highest BCUT2D eigenvalue weighted by Crippen LogP contribution is 2.17. The Morgan fingerprint density at radius 1 is 0.339 bits per heavy atom. The summed E-state index contributed by atoms with van der Waals surface area (Å²) in [6.07, 6.45) is 45.3. The van der Waals surface area contributed by atoms with Crippen LogP contribution in [0, 0.1) is 5.92 Å². The van der Waals surface area contributed by atoms with Gasteiger partial charge in [-0.3, -0.25) is 14.4 Å². The van der Waals surface area contributed by atoms with Gasteiger partial charge in [0.2, 0.25) is 0 Å². The van der Waals surface area contributed by atoms with E-state index in [1.807, 2.05) is 0 Å². The molecule has 0 N–H and O–H groups in total. The van der Waals surface area contributed by atoms with Gasteiger partial charge in [0, 0.05) is 19.3 Å². The van der Waals surface area contributed by atoms with Gasteiger partial charge in [-0.1, -0.05) is 240 Å². The van der Waals surface area contributed by atoms with Crippen molar-refractivity contribution in [1.82, 2.24) is 0 Å². The van der Waals surface area contributed by atoms with Crippen molar-refractivity contribution >= 4 is 17.9 Å². The quantitative estimate of drug-likeness (QED) is 0.0347. The van der Waals surface area contributed by atoms with Crippen LogP contribution in [0.25, 0.3) is 0 Å². The fourth-order valence-electron chi connectivity index (χ4n) is 7.51. The van der Waals surface area contributed by atoms with Crippen molar-refractivity contribution in [2.24, 2.45) is 5.92 Å². The fourth-order valence-corrected chi connectivity index (χ4v) is 7.51. The average Bonchev–Trinajstić information content (AvgIpc) is 3.18. The molecule has 0 aromatic carbocycles. The summed E-state index contributed by atoms with van der Waals surface area (Å²) in [6.45, 7) is 8.98. The van der Waals surface area contributed by atoms with Gasteiger partial charge in [0.1, 0.15) is 13.2 Å². The highest BCUT2D eigenvalue weighted by atomic mass is 16.6. The predicted molar refractivity (Wildman–Crippen MR) is 238 cm³/mol. The Kier molecular flexibility index (Phi) is 43.2. The minimum absolute atomic E-state index is 0.0635. The van der Waals surface area contributed by atoms with Crippen LogP contribution in [0.2, 0.25) is 0 Å². The third-order valence-electron chi connectivity index (χ3n) is 11.3. The summed E-state index contributed by atoms with van der Waals surface area (Å²) in [4.78, 5) is 37.7. The molecule has 0 unspecified atom stereocenters. The molecule has 56 heavy (non-hydrogen) atoms. The first-order chi connectivity index (χ1) is 27.4. The van der Waals surface area contributed by atoms with Gasteiger partial charge in [-0.15, -0.1) is 0 Å². The molecule has 332 valence electrons. The Balaban J connectivity index is 4.20. The van der Waals surface area contributed by atoms with E-state index in [0.717, 1.165) is 63.7 Å². The van der Waals surface area contributed by atoms with Gasteiger partial charge < -0.3 is 14.2 Å². The van der Waals surface area contributed by atoms with E-state index in [4.69, 9.17) is 14.2 Å². The van der Waals surface area contributed by atoms with Gasteiger partial charge in [-0.05, 0) is 25.2 Å². The van der Waals surface area contributed by atoms with Gasteiger partial charge in [0.15, 0.2) is 6.10 Å². The number of unbranched alkanes of at least 4 members (excludes halogenated alkanes) is 32. The Bertz CT molecular complexity index is 841. The monoisotopic (exact) mass is 793 g/mol. The van der Waals surface area contributed by atoms with Crippen molar-refractivity contribution in [2.75, 3.05) is 13.2 Å².